The fourth-order valence-electron chi connectivity index (χ4n) is 1.93. The molecule has 2 heterocycles. The SMILES string of the molecule is CCc1nnsc1C(=O)OCc1csc(-c2ccccc2Cl)n1. The Hall–Kier alpha value is -1.83. The van der Waals surface area contributed by atoms with Gasteiger partial charge in [0.1, 0.15) is 11.6 Å². The predicted octanol–water partition coefficient (Wildman–Crippen LogP) is 4.23. The van der Waals surface area contributed by atoms with Crippen molar-refractivity contribution in [3.05, 3.63) is 50.9 Å². The molecule has 118 valence electrons. The van der Waals surface area contributed by atoms with E-state index in [1.165, 1.54) is 11.3 Å². The van der Waals surface area contributed by atoms with Crippen LogP contribution in [0.25, 0.3) is 10.6 Å². The molecule has 1 aromatic carbocycles. The molecule has 0 bridgehead atoms. The maximum Gasteiger partial charge on any atom is 0.352 e. The third-order valence-corrected chi connectivity index (χ3v) is 5.09. The molecule has 2 aromatic heterocycles. The number of hydrogen-bond acceptors (Lipinski definition) is 7. The molecule has 0 fully saturated rings. The van der Waals surface area contributed by atoms with Crippen LogP contribution in [0.4, 0.5) is 0 Å². The van der Waals surface area contributed by atoms with Crippen LogP contribution in [0.5, 0.6) is 0 Å². The van der Waals surface area contributed by atoms with Gasteiger partial charge in [0.2, 0.25) is 0 Å². The summed E-state index contributed by atoms with van der Waals surface area (Å²) in [7, 11) is 0. The summed E-state index contributed by atoms with van der Waals surface area (Å²) >= 11 is 8.68. The summed E-state index contributed by atoms with van der Waals surface area (Å²) in [6.45, 7) is 2.03. The lowest BCUT2D eigenvalue weighted by atomic mass is 10.2. The number of hydrogen-bond donors (Lipinski definition) is 0. The van der Waals surface area contributed by atoms with Gasteiger partial charge in [0.15, 0.2) is 4.88 Å². The van der Waals surface area contributed by atoms with Crippen LogP contribution < -0.4 is 0 Å². The summed E-state index contributed by atoms with van der Waals surface area (Å²) in [5, 5.41) is 7.21. The van der Waals surface area contributed by atoms with Crippen LogP contribution in [-0.2, 0) is 17.8 Å². The second kappa shape index (κ2) is 7.16. The summed E-state index contributed by atoms with van der Waals surface area (Å²) < 4.78 is 9.08. The Kier molecular flexibility index (Phi) is 5.00. The van der Waals surface area contributed by atoms with Gasteiger partial charge in [-0.25, -0.2) is 9.78 Å². The number of thiazole rings is 1. The lowest BCUT2D eigenvalue weighted by molar-refractivity contribution is 0.0473. The molecule has 23 heavy (non-hydrogen) atoms. The molecule has 0 aliphatic heterocycles. The van der Waals surface area contributed by atoms with Gasteiger partial charge in [0.25, 0.3) is 0 Å². The van der Waals surface area contributed by atoms with Crippen LogP contribution in [0, 0.1) is 0 Å². The van der Waals surface area contributed by atoms with Crippen LogP contribution >= 0.6 is 34.5 Å². The number of aromatic nitrogens is 3. The Labute approximate surface area is 146 Å². The minimum absolute atomic E-state index is 0.112. The van der Waals surface area contributed by atoms with Gasteiger partial charge in [-0.05, 0) is 24.0 Å². The summed E-state index contributed by atoms with van der Waals surface area (Å²) in [6.07, 6.45) is 0.647. The highest BCUT2D eigenvalue weighted by Crippen LogP contribution is 2.30. The van der Waals surface area contributed by atoms with Crippen LogP contribution in [0.1, 0.15) is 28.0 Å². The van der Waals surface area contributed by atoms with Gasteiger partial charge in [-0.15, -0.1) is 16.4 Å². The first kappa shape index (κ1) is 16.0. The molecule has 0 atom stereocenters. The molecular weight excluding hydrogens is 354 g/mol. The monoisotopic (exact) mass is 365 g/mol. The van der Waals surface area contributed by atoms with Crippen molar-refractivity contribution in [2.24, 2.45) is 0 Å². The van der Waals surface area contributed by atoms with E-state index in [1.807, 2.05) is 36.6 Å². The molecule has 0 amide bonds. The number of rotatable bonds is 5. The number of carbonyl (C=O) groups excluding carboxylic acids is 1. The van der Waals surface area contributed by atoms with Crippen molar-refractivity contribution < 1.29 is 9.53 Å². The average molecular weight is 366 g/mol. The minimum atomic E-state index is -0.413. The van der Waals surface area contributed by atoms with E-state index >= 15 is 0 Å². The van der Waals surface area contributed by atoms with Crippen LogP contribution in [0.3, 0.4) is 0 Å². The van der Waals surface area contributed by atoms with Crippen molar-refractivity contribution in [1.29, 1.82) is 0 Å². The first-order chi connectivity index (χ1) is 11.2. The summed E-state index contributed by atoms with van der Waals surface area (Å²) in [6, 6.07) is 7.51. The van der Waals surface area contributed by atoms with Crippen molar-refractivity contribution in [2.75, 3.05) is 0 Å². The molecule has 0 N–H and O–H groups in total. The molecular formula is C15H12ClN3O2S2. The van der Waals surface area contributed by atoms with Gasteiger partial charge in [-0.1, -0.05) is 41.2 Å². The van der Waals surface area contributed by atoms with Crippen LogP contribution in [-0.4, -0.2) is 20.5 Å². The first-order valence-corrected chi connectivity index (χ1v) is 8.89. The topological polar surface area (TPSA) is 65.0 Å². The summed E-state index contributed by atoms with van der Waals surface area (Å²) in [5.74, 6) is -0.413. The van der Waals surface area contributed by atoms with E-state index in [1.54, 1.807) is 0 Å². The lowest BCUT2D eigenvalue weighted by Crippen LogP contribution is -2.06. The predicted molar refractivity (Wildman–Crippen MR) is 91.0 cm³/mol. The molecule has 0 saturated carbocycles. The molecule has 3 rings (SSSR count). The quantitative estimate of drug-likeness (QED) is 0.633. The third kappa shape index (κ3) is 3.57. The molecule has 3 aromatic rings. The van der Waals surface area contributed by atoms with E-state index in [0.29, 0.717) is 27.7 Å². The van der Waals surface area contributed by atoms with E-state index in [9.17, 15) is 4.79 Å². The second-order valence-corrected chi connectivity index (χ2v) is 6.62. The third-order valence-electron chi connectivity index (χ3n) is 3.08. The van der Waals surface area contributed by atoms with Crippen molar-refractivity contribution in [3.63, 3.8) is 0 Å². The van der Waals surface area contributed by atoms with E-state index in [2.05, 4.69) is 14.6 Å². The van der Waals surface area contributed by atoms with Gasteiger partial charge in [-0.3, -0.25) is 0 Å². The molecule has 0 saturated heterocycles. The van der Waals surface area contributed by atoms with Crippen LogP contribution in [0.2, 0.25) is 5.02 Å². The van der Waals surface area contributed by atoms with Gasteiger partial charge in [-0.2, -0.15) is 0 Å². The van der Waals surface area contributed by atoms with Crippen molar-refractivity contribution >= 4 is 40.4 Å². The van der Waals surface area contributed by atoms with E-state index in [-0.39, 0.29) is 6.61 Å². The molecule has 0 aliphatic rings. The normalized spacial score (nSPS) is 10.7. The molecule has 0 unspecified atom stereocenters. The maximum atomic E-state index is 12.1. The zero-order chi connectivity index (χ0) is 16.2. The molecule has 8 heteroatoms. The Morgan fingerprint density at radius 1 is 1.35 bits per heavy atom. The standard InChI is InChI=1S/C15H12ClN3O2S2/c1-2-12-13(23-19-18-12)15(20)21-7-9-8-22-14(17-9)10-5-3-4-6-11(10)16/h3-6,8H,2,7H2,1H3. The van der Waals surface area contributed by atoms with Gasteiger partial charge in [0.05, 0.1) is 16.4 Å². The highest BCUT2D eigenvalue weighted by Gasteiger charge is 2.17. The Bertz CT molecular complexity index is 832. The largest absolute Gasteiger partial charge is 0.455 e. The lowest BCUT2D eigenvalue weighted by Gasteiger charge is -2.01. The Balaban J connectivity index is 1.68. The molecule has 5 nitrogen and oxygen atoms in total. The number of halogens is 1. The highest BCUT2D eigenvalue weighted by molar-refractivity contribution is 7.13. The number of benzene rings is 1. The number of nitrogens with zero attached hydrogens (tertiary/aromatic N) is 3. The minimum Gasteiger partial charge on any atom is -0.455 e. The van der Waals surface area contributed by atoms with Gasteiger partial charge >= 0.3 is 5.97 Å². The number of esters is 1. The van der Waals surface area contributed by atoms with Crippen molar-refractivity contribution in [1.82, 2.24) is 14.6 Å². The fourth-order valence-corrected chi connectivity index (χ4v) is 3.70. The van der Waals surface area contributed by atoms with E-state index in [4.69, 9.17) is 16.3 Å². The second-order valence-electron chi connectivity index (χ2n) is 4.60. The molecule has 0 radical (unpaired) electrons. The zero-order valence-corrected chi connectivity index (χ0v) is 14.5. The van der Waals surface area contributed by atoms with E-state index < -0.39 is 5.97 Å². The summed E-state index contributed by atoms with van der Waals surface area (Å²) in [4.78, 5) is 17.0. The highest BCUT2D eigenvalue weighted by atomic mass is 35.5. The summed E-state index contributed by atoms with van der Waals surface area (Å²) in [5.41, 5.74) is 2.22. The van der Waals surface area contributed by atoms with Gasteiger partial charge < -0.3 is 4.74 Å². The van der Waals surface area contributed by atoms with Gasteiger partial charge in [0, 0.05) is 10.9 Å². The number of ether oxygens (including phenoxy) is 1. The van der Waals surface area contributed by atoms with Crippen molar-refractivity contribution in [2.45, 2.75) is 20.0 Å². The Morgan fingerprint density at radius 2 is 2.17 bits per heavy atom. The molecule has 0 aliphatic carbocycles. The Morgan fingerprint density at radius 3 is 2.96 bits per heavy atom. The fraction of sp³-hybridized carbons (Fsp3) is 0.200. The zero-order valence-electron chi connectivity index (χ0n) is 12.2. The average Bonchev–Trinajstić information content (AvgIpc) is 3.22. The smallest absolute Gasteiger partial charge is 0.352 e. The first-order valence-electron chi connectivity index (χ1n) is 6.86. The van der Waals surface area contributed by atoms with E-state index in [0.717, 1.165) is 22.1 Å². The number of carbonyl (C=O) groups is 1. The molecule has 0 spiro atoms. The van der Waals surface area contributed by atoms with Crippen molar-refractivity contribution in [3.8, 4) is 10.6 Å². The van der Waals surface area contributed by atoms with Crippen LogP contribution in [0.15, 0.2) is 29.6 Å². The number of aryl methyl sites for hydroxylation is 1. The maximum absolute atomic E-state index is 12.1.